The molecule has 1 unspecified atom stereocenters. The van der Waals surface area contributed by atoms with Crippen LogP contribution in [0.3, 0.4) is 0 Å². The molecule has 1 atom stereocenters. The number of aliphatic hydroxyl groups excluding tert-OH is 1. The van der Waals surface area contributed by atoms with Crippen LogP contribution < -0.4 is 0 Å². The third-order valence-corrected chi connectivity index (χ3v) is 2.53. The Labute approximate surface area is 84.7 Å². The summed E-state index contributed by atoms with van der Waals surface area (Å²) >= 11 is 3.38. The quantitative estimate of drug-likeness (QED) is 0.788. The third kappa shape index (κ3) is 1.49. The monoisotopic (exact) mass is 238 g/mol. The Kier molecular flexibility index (Phi) is 2.14. The van der Waals surface area contributed by atoms with E-state index in [4.69, 9.17) is 0 Å². The highest BCUT2D eigenvalue weighted by atomic mass is 79.9. The molecule has 0 saturated heterocycles. The van der Waals surface area contributed by atoms with Crippen LogP contribution in [0.2, 0.25) is 0 Å². The summed E-state index contributed by atoms with van der Waals surface area (Å²) in [7, 11) is 0. The molecule has 0 amide bonds. The Morgan fingerprint density at radius 2 is 2.23 bits per heavy atom. The van der Waals surface area contributed by atoms with E-state index in [0.717, 1.165) is 20.9 Å². The van der Waals surface area contributed by atoms with Gasteiger partial charge in [0.25, 0.3) is 0 Å². The average Bonchev–Trinajstić information content (AvgIpc) is 2.46. The lowest BCUT2D eigenvalue weighted by atomic mass is 10.1. The van der Waals surface area contributed by atoms with Crippen molar-refractivity contribution in [2.45, 2.75) is 6.10 Å². The third-order valence-electron chi connectivity index (χ3n) is 2.03. The Bertz CT molecular complexity index is 433. The van der Waals surface area contributed by atoms with Gasteiger partial charge in [0.05, 0.1) is 6.10 Å². The lowest BCUT2D eigenvalue weighted by molar-refractivity contribution is 0.227. The van der Waals surface area contributed by atoms with Gasteiger partial charge in [-0.3, -0.25) is 0 Å². The smallest absolute Gasteiger partial charge is 0.0811 e. The van der Waals surface area contributed by atoms with Crippen LogP contribution in [0.4, 0.5) is 0 Å². The highest BCUT2D eigenvalue weighted by Gasteiger charge is 2.07. The summed E-state index contributed by atoms with van der Waals surface area (Å²) in [6.07, 6.45) is 1.11. The predicted octanol–water partition coefficient (Wildman–Crippen LogP) is 2.80. The summed E-state index contributed by atoms with van der Waals surface area (Å²) in [6, 6.07) is 5.89. The number of aliphatic hydroxyl groups is 1. The van der Waals surface area contributed by atoms with Gasteiger partial charge in [0.15, 0.2) is 0 Å². The van der Waals surface area contributed by atoms with Gasteiger partial charge >= 0.3 is 0 Å². The first-order valence-electron chi connectivity index (χ1n) is 3.96. The lowest BCUT2D eigenvalue weighted by Gasteiger charge is -2.01. The predicted molar refractivity (Wildman–Crippen MR) is 56.3 cm³/mol. The minimum absolute atomic E-state index is 0.678. The van der Waals surface area contributed by atoms with Crippen molar-refractivity contribution in [1.29, 1.82) is 0 Å². The van der Waals surface area contributed by atoms with E-state index in [1.807, 2.05) is 18.2 Å². The van der Waals surface area contributed by atoms with Crippen LogP contribution in [-0.2, 0) is 0 Å². The molecule has 1 aromatic carbocycles. The van der Waals surface area contributed by atoms with Crippen molar-refractivity contribution in [1.82, 2.24) is 4.98 Å². The number of halogens is 1. The van der Waals surface area contributed by atoms with Gasteiger partial charge in [-0.15, -0.1) is 0 Å². The number of hydrogen-bond donors (Lipinski definition) is 2. The van der Waals surface area contributed by atoms with Gasteiger partial charge in [-0.2, -0.15) is 0 Å². The van der Waals surface area contributed by atoms with E-state index >= 15 is 0 Å². The zero-order valence-electron chi connectivity index (χ0n) is 6.92. The standard InChI is InChI=1S/C10H9BrNO/c1-6(13)9-5-12-10-3-2-7(11)4-8(9)10/h2-6,12-13H,1H2. The van der Waals surface area contributed by atoms with E-state index in [-0.39, 0.29) is 0 Å². The first-order valence-corrected chi connectivity index (χ1v) is 4.75. The number of aromatic nitrogens is 1. The number of H-pyrrole nitrogens is 1. The highest BCUT2D eigenvalue weighted by Crippen LogP contribution is 2.26. The molecule has 1 heterocycles. The Morgan fingerprint density at radius 1 is 1.46 bits per heavy atom. The minimum Gasteiger partial charge on any atom is -0.388 e. The second kappa shape index (κ2) is 3.16. The molecule has 3 heteroatoms. The molecule has 1 radical (unpaired) electrons. The van der Waals surface area contributed by atoms with E-state index in [1.165, 1.54) is 0 Å². The molecule has 2 rings (SSSR count). The summed E-state index contributed by atoms with van der Waals surface area (Å²) in [4.78, 5) is 3.08. The average molecular weight is 239 g/mol. The SMILES string of the molecule is [CH2]C(O)c1c[nH]c2ccc(Br)cc12. The Hall–Kier alpha value is -0.800. The van der Waals surface area contributed by atoms with Crippen LogP contribution in [0, 0.1) is 6.92 Å². The van der Waals surface area contributed by atoms with Gasteiger partial charge in [0.2, 0.25) is 0 Å². The van der Waals surface area contributed by atoms with Gasteiger partial charge in [-0.1, -0.05) is 15.9 Å². The molecule has 2 nitrogen and oxygen atoms in total. The van der Waals surface area contributed by atoms with E-state index in [0.29, 0.717) is 0 Å². The molecule has 2 N–H and O–H groups in total. The molecule has 0 aliphatic heterocycles. The first kappa shape index (κ1) is 8.78. The maximum atomic E-state index is 9.36. The fraction of sp³-hybridized carbons (Fsp3) is 0.100. The Morgan fingerprint density at radius 3 is 2.92 bits per heavy atom. The number of aromatic amines is 1. The second-order valence-corrected chi connectivity index (χ2v) is 3.87. The van der Waals surface area contributed by atoms with Crippen LogP contribution in [-0.4, -0.2) is 10.1 Å². The summed E-state index contributed by atoms with van der Waals surface area (Å²) in [5, 5.41) is 10.4. The van der Waals surface area contributed by atoms with Crippen LogP contribution in [0.15, 0.2) is 28.9 Å². The number of fused-ring (bicyclic) bond motifs is 1. The molecule has 0 fully saturated rings. The molecule has 67 valence electrons. The normalized spacial score (nSPS) is 13.5. The molecule has 13 heavy (non-hydrogen) atoms. The van der Waals surface area contributed by atoms with Gasteiger partial charge in [0, 0.05) is 27.1 Å². The molecule has 0 saturated carbocycles. The zero-order chi connectivity index (χ0) is 9.42. The van der Waals surface area contributed by atoms with E-state index in [2.05, 4.69) is 27.8 Å². The zero-order valence-corrected chi connectivity index (χ0v) is 8.51. The van der Waals surface area contributed by atoms with Crippen molar-refractivity contribution < 1.29 is 5.11 Å². The highest BCUT2D eigenvalue weighted by molar-refractivity contribution is 9.10. The molecule has 2 aromatic rings. The van der Waals surface area contributed by atoms with E-state index < -0.39 is 6.10 Å². The second-order valence-electron chi connectivity index (χ2n) is 2.95. The molecule has 0 bridgehead atoms. The lowest BCUT2D eigenvalue weighted by Crippen LogP contribution is -1.88. The summed E-state index contributed by atoms with van der Waals surface area (Å²) in [5.41, 5.74) is 1.84. The van der Waals surface area contributed by atoms with Crippen molar-refractivity contribution in [3.63, 3.8) is 0 Å². The largest absolute Gasteiger partial charge is 0.388 e. The maximum absolute atomic E-state index is 9.36. The van der Waals surface area contributed by atoms with Crippen molar-refractivity contribution in [3.8, 4) is 0 Å². The summed E-state index contributed by atoms with van der Waals surface area (Å²) < 4.78 is 1.00. The number of rotatable bonds is 1. The molecular weight excluding hydrogens is 230 g/mol. The fourth-order valence-electron chi connectivity index (χ4n) is 1.39. The molecule has 1 aromatic heterocycles. The molecular formula is C10H9BrNO. The van der Waals surface area contributed by atoms with Crippen molar-refractivity contribution in [3.05, 3.63) is 41.4 Å². The van der Waals surface area contributed by atoms with Crippen molar-refractivity contribution in [2.24, 2.45) is 0 Å². The van der Waals surface area contributed by atoms with Crippen LogP contribution in [0.25, 0.3) is 10.9 Å². The van der Waals surface area contributed by atoms with Gasteiger partial charge in [0.1, 0.15) is 0 Å². The topological polar surface area (TPSA) is 36.0 Å². The van der Waals surface area contributed by atoms with Gasteiger partial charge in [-0.05, 0) is 25.1 Å². The van der Waals surface area contributed by atoms with Gasteiger partial charge in [-0.25, -0.2) is 0 Å². The molecule has 0 spiro atoms. The summed E-state index contributed by atoms with van der Waals surface area (Å²) in [5.74, 6) is 0. The minimum atomic E-state index is -0.678. The van der Waals surface area contributed by atoms with E-state index in [9.17, 15) is 5.11 Å². The van der Waals surface area contributed by atoms with E-state index in [1.54, 1.807) is 6.20 Å². The van der Waals surface area contributed by atoms with Crippen LogP contribution >= 0.6 is 15.9 Å². The number of nitrogens with one attached hydrogen (secondary N) is 1. The van der Waals surface area contributed by atoms with Crippen molar-refractivity contribution >= 4 is 26.8 Å². The summed E-state index contributed by atoms with van der Waals surface area (Å²) in [6.45, 7) is 3.58. The number of benzene rings is 1. The first-order chi connectivity index (χ1) is 6.18. The fourth-order valence-corrected chi connectivity index (χ4v) is 1.75. The maximum Gasteiger partial charge on any atom is 0.0811 e. The van der Waals surface area contributed by atoms with Crippen LogP contribution in [0.1, 0.15) is 11.7 Å². The molecule has 0 aliphatic carbocycles. The van der Waals surface area contributed by atoms with Crippen LogP contribution in [0.5, 0.6) is 0 Å². The molecule has 0 aliphatic rings. The van der Waals surface area contributed by atoms with Gasteiger partial charge < -0.3 is 10.1 Å². The van der Waals surface area contributed by atoms with Crippen molar-refractivity contribution in [2.75, 3.05) is 0 Å². The number of hydrogen-bond acceptors (Lipinski definition) is 1. The Balaban J connectivity index is 2.71.